The van der Waals surface area contributed by atoms with E-state index >= 15 is 0 Å². The van der Waals surface area contributed by atoms with Crippen molar-refractivity contribution in [3.63, 3.8) is 0 Å². The van der Waals surface area contributed by atoms with Gasteiger partial charge in [-0.05, 0) is 40.1 Å². The lowest BCUT2D eigenvalue weighted by atomic mass is 9.74. The van der Waals surface area contributed by atoms with E-state index in [-0.39, 0.29) is 0 Å². The van der Waals surface area contributed by atoms with E-state index < -0.39 is 18.3 Å². The summed E-state index contributed by atoms with van der Waals surface area (Å²) in [6.07, 6.45) is 0. The molecule has 0 heterocycles. The van der Waals surface area contributed by atoms with Gasteiger partial charge in [-0.2, -0.15) is 0 Å². The Morgan fingerprint density at radius 2 is 1.65 bits per heavy atom. The Hall–Kier alpha value is -0.835. The predicted molar refractivity (Wildman–Crippen MR) is 70.2 cm³/mol. The number of rotatable bonds is 4. The molecule has 94 valence electrons. The van der Waals surface area contributed by atoms with Crippen molar-refractivity contribution in [1.82, 2.24) is 0 Å². The summed E-state index contributed by atoms with van der Waals surface area (Å²) in [5.74, 6) is 0. The van der Waals surface area contributed by atoms with E-state index in [1.807, 2.05) is 31.2 Å². The van der Waals surface area contributed by atoms with Crippen LogP contribution >= 0.6 is 0 Å². The maximum absolute atomic E-state index is 10.1. The predicted octanol–water partition coefficient (Wildman–Crippen LogP) is 1.25. The molecular weight excluding hydrogens is 215 g/mol. The largest absolute Gasteiger partial charge is 0.491 e. The monoisotopic (exact) mass is 236 g/mol. The Bertz CT molecular complexity index is 382. The third kappa shape index (κ3) is 3.31. The average Bonchev–Trinajstić information content (AvgIpc) is 2.15. The fourth-order valence-electron chi connectivity index (χ4n) is 1.35. The Morgan fingerprint density at radius 1 is 1.12 bits per heavy atom. The molecule has 3 nitrogen and oxygen atoms in total. The van der Waals surface area contributed by atoms with Crippen LogP contribution in [0.15, 0.2) is 24.3 Å². The Labute approximate surface area is 104 Å². The normalized spacial score (nSPS) is 12.6. The van der Waals surface area contributed by atoms with E-state index in [1.54, 1.807) is 27.7 Å². The standard InChI is InChI=1S/C13H21BO3/c1-10-8-6-7-9-11(10)14(16)17-13(4,5)12(2,3)15/h6-9,15-16H,1-5H3. The van der Waals surface area contributed by atoms with Crippen LogP contribution in [0.1, 0.15) is 33.3 Å². The molecule has 2 N–H and O–H groups in total. The highest BCUT2D eigenvalue weighted by molar-refractivity contribution is 6.60. The van der Waals surface area contributed by atoms with Crippen molar-refractivity contribution in [2.24, 2.45) is 0 Å². The molecule has 0 aliphatic carbocycles. The molecule has 0 bridgehead atoms. The van der Waals surface area contributed by atoms with Crippen LogP contribution in [0.2, 0.25) is 0 Å². The van der Waals surface area contributed by atoms with Gasteiger partial charge < -0.3 is 14.8 Å². The molecule has 0 saturated heterocycles. The first-order chi connectivity index (χ1) is 7.65. The van der Waals surface area contributed by atoms with E-state index in [1.165, 1.54) is 0 Å². The summed E-state index contributed by atoms with van der Waals surface area (Å²) < 4.78 is 5.57. The van der Waals surface area contributed by atoms with E-state index in [2.05, 4.69) is 0 Å². The van der Waals surface area contributed by atoms with Gasteiger partial charge in [0.2, 0.25) is 0 Å². The average molecular weight is 236 g/mol. The summed E-state index contributed by atoms with van der Waals surface area (Å²) in [4.78, 5) is 0. The molecule has 0 spiro atoms. The summed E-state index contributed by atoms with van der Waals surface area (Å²) in [6.45, 7) is 8.76. The molecule has 0 amide bonds. The topological polar surface area (TPSA) is 49.7 Å². The van der Waals surface area contributed by atoms with Gasteiger partial charge in [-0.3, -0.25) is 0 Å². The minimum absolute atomic E-state index is 0.727. The van der Waals surface area contributed by atoms with E-state index in [0.29, 0.717) is 0 Å². The van der Waals surface area contributed by atoms with Crippen molar-refractivity contribution in [2.45, 2.75) is 45.8 Å². The molecule has 0 atom stereocenters. The fourth-order valence-corrected chi connectivity index (χ4v) is 1.35. The minimum atomic E-state index is -1.03. The highest BCUT2D eigenvalue weighted by Gasteiger charge is 2.39. The lowest BCUT2D eigenvalue weighted by Gasteiger charge is -2.38. The van der Waals surface area contributed by atoms with E-state index in [4.69, 9.17) is 4.65 Å². The van der Waals surface area contributed by atoms with Gasteiger partial charge in [-0.25, -0.2) is 0 Å². The third-order valence-electron chi connectivity index (χ3n) is 3.33. The quantitative estimate of drug-likeness (QED) is 0.773. The molecule has 1 aromatic carbocycles. The highest BCUT2D eigenvalue weighted by Crippen LogP contribution is 2.25. The summed E-state index contributed by atoms with van der Waals surface area (Å²) in [5.41, 5.74) is -0.179. The molecule has 0 aliphatic heterocycles. The second-order valence-corrected chi connectivity index (χ2v) is 5.40. The first-order valence-electron chi connectivity index (χ1n) is 5.79. The lowest BCUT2D eigenvalue weighted by Crippen LogP contribution is -2.53. The molecule has 0 radical (unpaired) electrons. The SMILES string of the molecule is Cc1ccccc1B(O)OC(C)(C)C(C)(C)O. The van der Waals surface area contributed by atoms with Crippen LogP contribution in [-0.2, 0) is 4.65 Å². The molecule has 1 aromatic rings. The molecule has 17 heavy (non-hydrogen) atoms. The second-order valence-electron chi connectivity index (χ2n) is 5.40. The molecule has 0 fully saturated rings. The molecule has 0 aliphatic rings. The van der Waals surface area contributed by atoms with E-state index in [0.717, 1.165) is 11.0 Å². The van der Waals surface area contributed by atoms with Crippen molar-refractivity contribution in [3.8, 4) is 0 Å². The van der Waals surface area contributed by atoms with Crippen molar-refractivity contribution < 1.29 is 14.8 Å². The lowest BCUT2D eigenvalue weighted by molar-refractivity contribution is -0.0982. The smallest absolute Gasteiger partial charge is 0.423 e. The van der Waals surface area contributed by atoms with Crippen molar-refractivity contribution in [3.05, 3.63) is 29.8 Å². The molecule has 0 unspecified atom stereocenters. The van der Waals surface area contributed by atoms with Crippen molar-refractivity contribution >= 4 is 12.6 Å². The van der Waals surface area contributed by atoms with Crippen LogP contribution in [-0.4, -0.2) is 28.5 Å². The molecule has 0 aromatic heterocycles. The van der Waals surface area contributed by atoms with Gasteiger partial charge in [-0.15, -0.1) is 0 Å². The maximum atomic E-state index is 10.1. The molecule has 0 saturated carbocycles. The van der Waals surface area contributed by atoms with Crippen LogP contribution in [0.4, 0.5) is 0 Å². The molecule has 1 rings (SSSR count). The number of benzene rings is 1. The van der Waals surface area contributed by atoms with Gasteiger partial charge in [-0.1, -0.05) is 29.8 Å². The highest BCUT2D eigenvalue weighted by atomic mass is 16.5. The number of aryl methyl sites for hydroxylation is 1. The Balaban J connectivity index is 2.87. The van der Waals surface area contributed by atoms with Gasteiger partial charge in [0.15, 0.2) is 0 Å². The summed E-state index contributed by atoms with van der Waals surface area (Å²) in [7, 11) is -1.03. The zero-order valence-electron chi connectivity index (χ0n) is 11.2. The van der Waals surface area contributed by atoms with Crippen LogP contribution in [0, 0.1) is 6.92 Å². The van der Waals surface area contributed by atoms with Crippen molar-refractivity contribution in [1.29, 1.82) is 0 Å². The van der Waals surface area contributed by atoms with E-state index in [9.17, 15) is 10.1 Å². The zero-order chi connectivity index (χ0) is 13.3. The van der Waals surface area contributed by atoms with Gasteiger partial charge in [0.05, 0.1) is 11.2 Å². The molecule has 4 heteroatoms. The second kappa shape index (κ2) is 4.80. The Morgan fingerprint density at radius 3 is 2.12 bits per heavy atom. The fraction of sp³-hybridized carbons (Fsp3) is 0.538. The summed E-state index contributed by atoms with van der Waals surface area (Å²) >= 11 is 0. The number of aliphatic hydroxyl groups is 1. The van der Waals surface area contributed by atoms with Gasteiger partial charge in [0.1, 0.15) is 0 Å². The zero-order valence-corrected chi connectivity index (χ0v) is 11.2. The maximum Gasteiger partial charge on any atom is 0.491 e. The summed E-state index contributed by atoms with van der Waals surface area (Å²) in [6, 6.07) is 7.50. The van der Waals surface area contributed by atoms with Crippen LogP contribution in [0.3, 0.4) is 0 Å². The van der Waals surface area contributed by atoms with Gasteiger partial charge in [0.25, 0.3) is 0 Å². The van der Waals surface area contributed by atoms with Crippen molar-refractivity contribution in [2.75, 3.05) is 0 Å². The molecular formula is C13H21BO3. The van der Waals surface area contributed by atoms with Gasteiger partial charge >= 0.3 is 7.12 Å². The number of hydrogen-bond donors (Lipinski definition) is 2. The first-order valence-corrected chi connectivity index (χ1v) is 5.79. The first kappa shape index (κ1) is 14.2. The summed E-state index contributed by atoms with van der Waals surface area (Å²) in [5, 5.41) is 20.0. The van der Waals surface area contributed by atoms with Crippen LogP contribution in [0.25, 0.3) is 0 Å². The Kier molecular flexibility index (Phi) is 4.02. The third-order valence-corrected chi connectivity index (χ3v) is 3.33. The number of hydrogen-bond acceptors (Lipinski definition) is 3. The minimum Gasteiger partial charge on any atom is -0.423 e. The van der Waals surface area contributed by atoms with Crippen LogP contribution < -0.4 is 5.46 Å². The van der Waals surface area contributed by atoms with Gasteiger partial charge in [0, 0.05) is 0 Å². The van der Waals surface area contributed by atoms with Crippen LogP contribution in [0.5, 0.6) is 0 Å².